The molecule has 3 aliphatic carbocycles. The standard InChI is InChI=1S/C8H13ClO/c9-7-5-8(10)3-1-6(7)2-4-8/h6-7,10H,1-5H2. The normalized spacial score (nSPS) is 53.4. The largest absolute Gasteiger partial charge is 0.390 e. The van der Waals surface area contributed by atoms with Crippen molar-refractivity contribution in [2.24, 2.45) is 5.92 Å². The van der Waals surface area contributed by atoms with Crippen molar-refractivity contribution in [3.8, 4) is 0 Å². The Bertz CT molecular complexity index is 138. The third-order valence-electron chi connectivity index (χ3n) is 3.05. The van der Waals surface area contributed by atoms with E-state index in [4.69, 9.17) is 11.6 Å². The molecule has 2 bridgehead atoms. The summed E-state index contributed by atoms with van der Waals surface area (Å²) in [5.41, 5.74) is -0.374. The smallest absolute Gasteiger partial charge is 0.0662 e. The van der Waals surface area contributed by atoms with Crippen molar-refractivity contribution in [3.63, 3.8) is 0 Å². The molecule has 1 atom stereocenters. The predicted octanol–water partition coefficient (Wildman–Crippen LogP) is 1.92. The molecule has 2 heteroatoms. The minimum Gasteiger partial charge on any atom is -0.390 e. The number of aliphatic hydroxyl groups is 1. The first-order valence-corrected chi connectivity index (χ1v) is 4.50. The Labute approximate surface area is 66.4 Å². The van der Waals surface area contributed by atoms with Gasteiger partial charge in [0.2, 0.25) is 0 Å². The van der Waals surface area contributed by atoms with Crippen LogP contribution in [0.15, 0.2) is 0 Å². The molecular formula is C8H13ClO. The van der Waals surface area contributed by atoms with Crippen LogP contribution in [-0.4, -0.2) is 16.1 Å². The van der Waals surface area contributed by atoms with E-state index in [0.717, 1.165) is 32.1 Å². The van der Waals surface area contributed by atoms with Crippen LogP contribution in [0.25, 0.3) is 0 Å². The van der Waals surface area contributed by atoms with Crippen LogP contribution < -0.4 is 0 Å². The molecule has 0 spiro atoms. The first-order valence-electron chi connectivity index (χ1n) is 4.06. The molecule has 0 saturated heterocycles. The van der Waals surface area contributed by atoms with Gasteiger partial charge in [-0.1, -0.05) is 0 Å². The second kappa shape index (κ2) is 2.12. The van der Waals surface area contributed by atoms with E-state index < -0.39 is 0 Å². The monoisotopic (exact) mass is 160 g/mol. The van der Waals surface area contributed by atoms with Crippen LogP contribution in [0.1, 0.15) is 32.1 Å². The van der Waals surface area contributed by atoms with Gasteiger partial charge in [-0.25, -0.2) is 0 Å². The van der Waals surface area contributed by atoms with E-state index in [1.54, 1.807) is 0 Å². The average molecular weight is 161 g/mol. The molecule has 1 unspecified atom stereocenters. The van der Waals surface area contributed by atoms with Crippen LogP contribution in [0.3, 0.4) is 0 Å². The zero-order chi connectivity index (χ0) is 7.19. The van der Waals surface area contributed by atoms with Crippen molar-refractivity contribution in [1.82, 2.24) is 0 Å². The SMILES string of the molecule is OC12CCC(CC1)C(Cl)C2. The van der Waals surface area contributed by atoms with Crippen molar-refractivity contribution in [2.45, 2.75) is 43.1 Å². The van der Waals surface area contributed by atoms with Crippen LogP contribution in [0, 0.1) is 5.92 Å². The number of alkyl halides is 1. The van der Waals surface area contributed by atoms with Crippen LogP contribution in [0.2, 0.25) is 0 Å². The Morgan fingerprint density at radius 2 is 1.90 bits per heavy atom. The molecule has 10 heavy (non-hydrogen) atoms. The minimum atomic E-state index is -0.374. The zero-order valence-electron chi connectivity index (χ0n) is 6.02. The fraction of sp³-hybridized carbons (Fsp3) is 1.00. The summed E-state index contributed by atoms with van der Waals surface area (Å²) in [6.07, 6.45) is 5.09. The lowest BCUT2D eigenvalue weighted by Crippen LogP contribution is -2.45. The highest BCUT2D eigenvalue weighted by atomic mass is 35.5. The molecule has 3 fully saturated rings. The van der Waals surface area contributed by atoms with Crippen molar-refractivity contribution in [2.75, 3.05) is 0 Å². The van der Waals surface area contributed by atoms with Gasteiger partial charge in [-0.15, -0.1) is 11.6 Å². The van der Waals surface area contributed by atoms with E-state index in [9.17, 15) is 5.11 Å². The summed E-state index contributed by atoms with van der Waals surface area (Å²) in [6.45, 7) is 0. The zero-order valence-corrected chi connectivity index (χ0v) is 6.77. The Kier molecular flexibility index (Phi) is 1.47. The highest BCUT2D eigenvalue weighted by molar-refractivity contribution is 6.21. The van der Waals surface area contributed by atoms with Crippen LogP contribution in [0.5, 0.6) is 0 Å². The quantitative estimate of drug-likeness (QED) is 0.537. The van der Waals surface area contributed by atoms with E-state index >= 15 is 0 Å². The van der Waals surface area contributed by atoms with E-state index in [2.05, 4.69) is 0 Å². The highest BCUT2D eigenvalue weighted by Crippen LogP contribution is 2.46. The first kappa shape index (κ1) is 6.93. The molecule has 0 aromatic heterocycles. The lowest BCUT2D eigenvalue weighted by molar-refractivity contribution is -0.0516. The number of hydrogen-bond acceptors (Lipinski definition) is 1. The van der Waals surface area contributed by atoms with Crippen LogP contribution in [0.4, 0.5) is 0 Å². The summed E-state index contributed by atoms with van der Waals surface area (Å²) < 4.78 is 0. The van der Waals surface area contributed by atoms with Gasteiger partial charge in [-0.05, 0) is 38.0 Å². The summed E-state index contributed by atoms with van der Waals surface area (Å²) in [7, 11) is 0. The molecule has 3 rings (SSSR count). The van der Waals surface area contributed by atoms with Gasteiger partial charge >= 0.3 is 0 Å². The lowest BCUT2D eigenvalue weighted by atomic mass is 9.67. The maximum atomic E-state index is 9.80. The first-order chi connectivity index (χ1) is 4.70. The number of halogens is 1. The fourth-order valence-corrected chi connectivity index (χ4v) is 2.81. The average Bonchev–Trinajstić information content (AvgIpc) is 1.87. The summed E-state index contributed by atoms with van der Waals surface area (Å²) >= 11 is 6.04. The van der Waals surface area contributed by atoms with Crippen molar-refractivity contribution in [3.05, 3.63) is 0 Å². The molecule has 0 amide bonds. The Hall–Kier alpha value is 0.250. The number of rotatable bonds is 0. The van der Waals surface area contributed by atoms with Gasteiger partial charge in [0.1, 0.15) is 0 Å². The second-order valence-corrected chi connectivity index (χ2v) is 4.34. The third kappa shape index (κ3) is 0.960. The van der Waals surface area contributed by atoms with E-state index in [1.807, 2.05) is 0 Å². The maximum absolute atomic E-state index is 9.80. The third-order valence-corrected chi connectivity index (χ3v) is 3.56. The van der Waals surface area contributed by atoms with Gasteiger partial charge in [-0.3, -0.25) is 0 Å². The van der Waals surface area contributed by atoms with Crippen molar-refractivity contribution < 1.29 is 5.11 Å². The van der Waals surface area contributed by atoms with E-state index in [1.165, 1.54) is 0 Å². The summed E-state index contributed by atoms with van der Waals surface area (Å²) in [6, 6.07) is 0. The lowest BCUT2D eigenvalue weighted by Gasteiger charge is -2.45. The highest BCUT2D eigenvalue weighted by Gasteiger charge is 2.43. The molecule has 0 radical (unpaired) electrons. The van der Waals surface area contributed by atoms with Crippen LogP contribution >= 0.6 is 11.6 Å². The molecule has 0 heterocycles. The molecule has 1 nitrogen and oxygen atoms in total. The van der Waals surface area contributed by atoms with E-state index in [0.29, 0.717) is 5.92 Å². The van der Waals surface area contributed by atoms with Crippen molar-refractivity contribution >= 4 is 11.6 Å². The Balaban J connectivity index is 2.14. The number of fused-ring (bicyclic) bond motifs is 3. The van der Waals surface area contributed by atoms with Gasteiger partial charge in [0.15, 0.2) is 0 Å². The molecule has 0 aromatic carbocycles. The summed E-state index contributed by atoms with van der Waals surface area (Å²) in [4.78, 5) is 0. The molecular weight excluding hydrogens is 148 g/mol. The van der Waals surface area contributed by atoms with E-state index in [-0.39, 0.29) is 11.0 Å². The molecule has 58 valence electrons. The molecule has 0 aliphatic heterocycles. The predicted molar refractivity (Wildman–Crippen MR) is 41.2 cm³/mol. The van der Waals surface area contributed by atoms with Gasteiger partial charge < -0.3 is 5.11 Å². The number of hydrogen-bond donors (Lipinski definition) is 1. The Morgan fingerprint density at radius 1 is 1.30 bits per heavy atom. The molecule has 1 N–H and O–H groups in total. The topological polar surface area (TPSA) is 20.2 Å². The van der Waals surface area contributed by atoms with Gasteiger partial charge in [-0.2, -0.15) is 0 Å². The maximum Gasteiger partial charge on any atom is 0.0662 e. The molecule has 3 aliphatic rings. The Morgan fingerprint density at radius 3 is 2.20 bits per heavy atom. The second-order valence-electron chi connectivity index (χ2n) is 3.78. The van der Waals surface area contributed by atoms with Crippen molar-refractivity contribution in [1.29, 1.82) is 0 Å². The van der Waals surface area contributed by atoms with Gasteiger partial charge in [0.25, 0.3) is 0 Å². The molecule has 0 aromatic rings. The van der Waals surface area contributed by atoms with Crippen LogP contribution in [-0.2, 0) is 0 Å². The van der Waals surface area contributed by atoms with Gasteiger partial charge in [0.05, 0.1) is 5.60 Å². The van der Waals surface area contributed by atoms with Gasteiger partial charge in [0, 0.05) is 5.38 Å². The molecule has 3 saturated carbocycles. The summed E-state index contributed by atoms with van der Waals surface area (Å²) in [5, 5.41) is 10.1. The summed E-state index contributed by atoms with van der Waals surface area (Å²) in [5.74, 6) is 0.704. The fourth-order valence-electron chi connectivity index (χ4n) is 2.27. The minimum absolute atomic E-state index is 0.257.